The fourth-order valence-electron chi connectivity index (χ4n) is 1.75. The van der Waals surface area contributed by atoms with E-state index in [-0.39, 0.29) is 6.61 Å². The van der Waals surface area contributed by atoms with Crippen LogP contribution in [0, 0.1) is 0 Å². The number of methoxy groups -OCH3 is 1. The predicted octanol–water partition coefficient (Wildman–Crippen LogP) is 0.954. The Kier molecular flexibility index (Phi) is 4.44. The summed E-state index contributed by atoms with van der Waals surface area (Å²) in [4.78, 5) is 0. The second kappa shape index (κ2) is 6.27. The van der Waals surface area contributed by atoms with Gasteiger partial charge in [-0.3, -0.25) is 0 Å². The van der Waals surface area contributed by atoms with Crippen molar-refractivity contribution in [2.24, 2.45) is 0 Å². The van der Waals surface area contributed by atoms with Crippen LogP contribution in [0.15, 0.2) is 48.5 Å². The highest BCUT2D eigenvalue weighted by Crippen LogP contribution is 2.17. The molecular weight excluding hydrogens is 243 g/mol. The van der Waals surface area contributed by atoms with Gasteiger partial charge in [0.15, 0.2) is 0 Å². The SMILES string of the molecule is COc1ccc(OCc2ccccc2B(O)O)cc1. The minimum Gasteiger partial charge on any atom is -0.497 e. The predicted molar refractivity (Wildman–Crippen MR) is 73.6 cm³/mol. The second-order valence-corrected chi connectivity index (χ2v) is 4.04. The van der Waals surface area contributed by atoms with Gasteiger partial charge in [-0.05, 0) is 35.3 Å². The molecule has 2 rings (SSSR count). The largest absolute Gasteiger partial charge is 0.497 e. The van der Waals surface area contributed by atoms with Crippen LogP contribution in [0.4, 0.5) is 0 Å². The van der Waals surface area contributed by atoms with Crippen LogP contribution in [0.5, 0.6) is 11.5 Å². The molecule has 2 aromatic rings. The molecule has 0 bridgehead atoms. The van der Waals surface area contributed by atoms with Crippen LogP contribution in [0.1, 0.15) is 5.56 Å². The van der Waals surface area contributed by atoms with Crippen LogP contribution in [0.3, 0.4) is 0 Å². The van der Waals surface area contributed by atoms with Crippen molar-refractivity contribution in [2.75, 3.05) is 7.11 Å². The molecule has 4 nitrogen and oxygen atoms in total. The Morgan fingerprint density at radius 1 is 0.947 bits per heavy atom. The highest BCUT2D eigenvalue weighted by Gasteiger charge is 2.15. The Labute approximate surface area is 112 Å². The zero-order chi connectivity index (χ0) is 13.7. The Hall–Kier alpha value is -1.98. The number of ether oxygens (including phenoxy) is 2. The Morgan fingerprint density at radius 2 is 1.58 bits per heavy atom. The summed E-state index contributed by atoms with van der Waals surface area (Å²) in [6.45, 7) is 0.278. The fourth-order valence-corrected chi connectivity index (χ4v) is 1.75. The van der Waals surface area contributed by atoms with Crippen LogP contribution >= 0.6 is 0 Å². The lowest BCUT2D eigenvalue weighted by atomic mass is 9.77. The topological polar surface area (TPSA) is 58.9 Å². The quantitative estimate of drug-likeness (QED) is 0.784. The molecule has 0 unspecified atom stereocenters. The van der Waals surface area contributed by atoms with Gasteiger partial charge in [-0.15, -0.1) is 0 Å². The third-order valence-electron chi connectivity index (χ3n) is 2.79. The molecule has 0 radical (unpaired) electrons. The summed E-state index contributed by atoms with van der Waals surface area (Å²) in [5.41, 5.74) is 1.20. The molecule has 2 N–H and O–H groups in total. The Bertz CT molecular complexity index is 525. The summed E-state index contributed by atoms with van der Waals surface area (Å²) in [6, 6.07) is 14.3. The van der Waals surface area contributed by atoms with Crippen molar-refractivity contribution in [3.8, 4) is 11.5 Å². The molecule has 0 aliphatic rings. The maximum atomic E-state index is 9.25. The summed E-state index contributed by atoms with van der Waals surface area (Å²) in [5.74, 6) is 1.46. The van der Waals surface area contributed by atoms with Gasteiger partial charge in [0.25, 0.3) is 0 Å². The van der Waals surface area contributed by atoms with Crippen molar-refractivity contribution in [3.63, 3.8) is 0 Å². The summed E-state index contributed by atoms with van der Waals surface area (Å²) < 4.78 is 10.7. The first-order chi connectivity index (χ1) is 9.20. The first kappa shape index (κ1) is 13.5. The van der Waals surface area contributed by atoms with Crippen LogP contribution < -0.4 is 14.9 Å². The van der Waals surface area contributed by atoms with Gasteiger partial charge in [-0.1, -0.05) is 24.3 Å². The molecule has 0 heterocycles. The third kappa shape index (κ3) is 3.50. The van der Waals surface area contributed by atoms with Crippen molar-refractivity contribution in [1.29, 1.82) is 0 Å². The minimum absolute atomic E-state index is 0.278. The van der Waals surface area contributed by atoms with E-state index < -0.39 is 7.12 Å². The third-order valence-corrected chi connectivity index (χ3v) is 2.79. The maximum absolute atomic E-state index is 9.25. The van der Waals surface area contributed by atoms with Gasteiger partial charge < -0.3 is 19.5 Å². The van der Waals surface area contributed by atoms with E-state index >= 15 is 0 Å². The number of benzene rings is 2. The smallest absolute Gasteiger partial charge is 0.488 e. The van der Waals surface area contributed by atoms with Gasteiger partial charge in [-0.25, -0.2) is 0 Å². The van der Waals surface area contributed by atoms with E-state index in [9.17, 15) is 10.0 Å². The molecule has 5 heteroatoms. The fraction of sp³-hybridized carbons (Fsp3) is 0.143. The lowest BCUT2D eigenvalue weighted by molar-refractivity contribution is 0.305. The van der Waals surface area contributed by atoms with E-state index in [1.807, 2.05) is 18.2 Å². The normalized spacial score (nSPS) is 10.1. The number of hydrogen-bond acceptors (Lipinski definition) is 4. The highest BCUT2D eigenvalue weighted by atomic mass is 16.5. The van der Waals surface area contributed by atoms with Crippen LogP contribution in [0.2, 0.25) is 0 Å². The second-order valence-electron chi connectivity index (χ2n) is 4.04. The lowest BCUT2D eigenvalue weighted by Gasteiger charge is -2.10. The van der Waals surface area contributed by atoms with Gasteiger partial charge in [-0.2, -0.15) is 0 Å². The average Bonchev–Trinajstić information content (AvgIpc) is 2.46. The average molecular weight is 258 g/mol. The van der Waals surface area contributed by atoms with Crippen molar-refractivity contribution in [3.05, 3.63) is 54.1 Å². The molecule has 0 saturated heterocycles. The summed E-state index contributed by atoms with van der Waals surface area (Å²) >= 11 is 0. The zero-order valence-corrected chi connectivity index (χ0v) is 10.6. The monoisotopic (exact) mass is 258 g/mol. The van der Waals surface area contributed by atoms with Gasteiger partial charge in [0.1, 0.15) is 18.1 Å². The minimum atomic E-state index is -1.49. The maximum Gasteiger partial charge on any atom is 0.488 e. The lowest BCUT2D eigenvalue weighted by Crippen LogP contribution is -2.33. The highest BCUT2D eigenvalue weighted by molar-refractivity contribution is 6.59. The van der Waals surface area contributed by atoms with Crippen molar-refractivity contribution < 1.29 is 19.5 Å². The number of rotatable bonds is 5. The van der Waals surface area contributed by atoms with E-state index in [1.165, 1.54) is 0 Å². The van der Waals surface area contributed by atoms with E-state index in [0.29, 0.717) is 11.2 Å². The molecule has 98 valence electrons. The van der Waals surface area contributed by atoms with Crippen LogP contribution in [0.25, 0.3) is 0 Å². The summed E-state index contributed by atoms with van der Waals surface area (Å²) in [5, 5.41) is 18.5. The first-order valence-electron chi connectivity index (χ1n) is 5.91. The van der Waals surface area contributed by atoms with E-state index in [1.54, 1.807) is 37.4 Å². The Balaban J connectivity index is 2.05. The molecular formula is C14H15BO4. The summed E-state index contributed by atoms with van der Waals surface area (Å²) in [7, 11) is 0.116. The van der Waals surface area contributed by atoms with Gasteiger partial charge in [0.2, 0.25) is 0 Å². The molecule has 0 saturated carbocycles. The zero-order valence-electron chi connectivity index (χ0n) is 10.6. The van der Waals surface area contributed by atoms with Crippen molar-refractivity contribution in [2.45, 2.75) is 6.61 Å². The molecule has 0 amide bonds. The summed E-state index contributed by atoms with van der Waals surface area (Å²) in [6.07, 6.45) is 0. The van der Waals surface area contributed by atoms with E-state index in [4.69, 9.17) is 9.47 Å². The molecule has 0 fully saturated rings. The van der Waals surface area contributed by atoms with E-state index in [0.717, 1.165) is 11.3 Å². The van der Waals surface area contributed by atoms with Crippen molar-refractivity contribution >= 4 is 12.6 Å². The molecule has 0 atom stereocenters. The molecule has 19 heavy (non-hydrogen) atoms. The molecule has 0 spiro atoms. The first-order valence-corrected chi connectivity index (χ1v) is 5.91. The standard InChI is InChI=1S/C14H15BO4/c1-18-12-6-8-13(9-7-12)19-10-11-4-2-3-5-14(11)15(16)17/h2-9,16-17H,10H2,1H3. The molecule has 2 aromatic carbocycles. The molecule has 0 aliphatic carbocycles. The van der Waals surface area contributed by atoms with Crippen LogP contribution in [-0.4, -0.2) is 24.3 Å². The van der Waals surface area contributed by atoms with Gasteiger partial charge in [0, 0.05) is 0 Å². The van der Waals surface area contributed by atoms with Crippen molar-refractivity contribution in [1.82, 2.24) is 0 Å². The number of hydrogen-bond donors (Lipinski definition) is 2. The Morgan fingerprint density at radius 3 is 2.21 bits per heavy atom. The van der Waals surface area contributed by atoms with E-state index in [2.05, 4.69) is 0 Å². The van der Waals surface area contributed by atoms with Gasteiger partial charge in [0.05, 0.1) is 7.11 Å². The van der Waals surface area contributed by atoms with Crippen LogP contribution in [-0.2, 0) is 6.61 Å². The molecule has 0 aliphatic heterocycles. The molecule has 0 aromatic heterocycles. The van der Waals surface area contributed by atoms with Gasteiger partial charge >= 0.3 is 7.12 Å².